The average molecular weight is 368 g/mol. The number of nitrogens with zero attached hydrogens (tertiary/aromatic N) is 1. The van der Waals surface area contributed by atoms with E-state index in [2.05, 4.69) is 10.1 Å². The van der Waals surface area contributed by atoms with Crippen molar-refractivity contribution in [2.45, 2.75) is 0 Å². The first-order chi connectivity index (χ1) is 13.0. The minimum atomic E-state index is -0.505. The zero-order chi connectivity index (χ0) is 19.4. The van der Waals surface area contributed by atoms with E-state index in [-0.39, 0.29) is 12.5 Å². The Hall–Kier alpha value is -3.48. The first-order valence-corrected chi connectivity index (χ1v) is 8.26. The maximum absolute atomic E-state index is 12.7. The van der Waals surface area contributed by atoms with Crippen LogP contribution in [-0.2, 0) is 16.6 Å². The summed E-state index contributed by atoms with van der Waals surface area (Å²) in [5.74, 6) is -0.0758. The van der Waals surface area contributed by atoms with Gasteiger partial charge in [0.1, 0.15) is 0 Å². The summed E-state index contributed by atoms with van der Waals surface area (Å²) in [7, 11) is 4.70. The Balaban J connectivity index is 1.81. The van der Waals surface area contributed by atoms with Crippen molar-refractivity contribution in [1.29, 1.82) is 0 Å². The molecule has 1 aromatic heterocycles. The van der Waals surface area contributed by atoms with Crippen LogP contribution in [0.5, 0.6) is 11.5 Å². The highest BCUT2D eigenvalue weighted by molar-refractivity contribution is 6.09. The molecule has 3 rings (SSSR count). The van der Waals surface area contributed by atoms with Crippen molar-refractivity contribution in [2.24, 2.45) is 7.05 Å². The first-order valence-electron chi connectivity index (χ1n) is 8.26. The Kier molecular flexibility index (Phi) is 5.30. The number of hydrogen-bond donors (Lipinski definition) is 1. The number of hydrogen-bond acceptors (Lipinski definition) is 5. The highest BCUT2D eigenvalue weighted by Crippen LogP contribution is 2.29. The number of amides is 1. The van der Waals surface area contributed by atoms with Gasteiger partial charge in [0.25, 0.3) is 5.91 Å². The summed E-state index contributed by atoms with van der Waals surface area (Å²) < 4.78 is 17.2. The van der Waals surface area contributed by atoms with Crippen LogP contribution < -0.4 is 14.8 Å². The van der Waals surface area contributed by atoms with Crippen molar-refractivity contribution < 1.29 is 23.8 Å². The largest absolute Gasteiger partial charge is 0.493 e. The number of aromatic nitrogens is 1. The number of benzene rings is 2. The molecule has 27 heavy (non-hydrogen) atoms. The van der Waals surface area contributed by atoms with Crippen LogP contribution in [0.4, 0.5) is 5.69 Å². The molecule has 0 aliphatic carbocycles. The van der Waals surface area contributed by atoms with E-state index in [0.717, 1.165) is 16.6 Å². The van der Waals surface area contributed by atoms with Crippen molar-refractivity contribution in [3.8, 4) is 11.5 Å². The lowest BCUT2D eigenvalue weighted by Gasteiger charge is -2.12. The molecular formula is C20H20N2O5. The third-order valence-corrected chi connectivity index (χ3v) is 4.18. The standard InChI is InChI=1S/C20H20N2O5/c1-22-10-9-14-15(5-4-6-16(14)22)21-20(24)13-7-8-17(18(11-13)25-2)27-12-19(23)26-3/h4-11H,12H2,1-3H3,(H,21,24). The van der Waals surface area contributed by atoms with Gasteiger partial charge in [0, 0.05) is 29.7 Å². The van der Waals surface area contributed by atoms with Crippen LogP contribution in [0.3, 0.4) is 0 Å². The number of carbonyl (C=O) groups excluding carboxylic acids is 2. The highest BCUT2D eigenvalue weighted by Gasteiger charge is 2.14. The maximum Gasteiger partial charge on any atom is 0.343 e. The lowest BCUT2D eigenvalue weighted by atomic mass is 10.1. The molecule has 7 nitrogen and oxygen atoms in total. The average Bonchev–Trinajstić information content (AvgIpc) is 3.08. The molecule has 0 unspecified atom stereocenters. The molecule has 1 heterocycles. The fourth-order valence-corrected chi connectivity index (χ4v) is 2.73. The summed E-state index contributed by atoms with van der Waals surface area (Å²) in [4.78, 5) is 23.9. The molecule has 0 aliphatic rings. The van der Waals surface area contributed by atoms with E-state index >= 15 is 0 Å². The molecule has 0 saturated heterocycles. The molecule has 1 amide bonds. The second-order valence-corrected chi connectivity index (χ2v) is 5.85. The molecule has 0 radical (unpaired) electrons. The number of anilines is 1. The van der Waals surface area contributed by atoms with Crippen LogP contribution in [0.15, 0.2) is 48.7 Å². The summed E-state index contributed by atoms with van der Waals surface area (Å²) in [5, 5.41) is 3.88. The van der Waals surface area contributed by atoms with E-state index in [0.29, 0.717) is 17.1 Å². The smallest absolute Gasteiger partial charge is 0.343 e. The van der Waals surface area contributed by atoms with Gasteiger partial charge in [-0.1, -0.05) is 6.07 Å². The second kappa shape index (κ2) is 7.82. The van der Waals surface area contributed by atoms with Crippen LogP contribution in [0.2, 0.25) is 0 Å². The molecule has 0 aliphatic heterocycles. The number of ether oxygens (including phenoxy) is 3. The molecule has 0 bridgehead atoms. The first kappa shape index (κ1) is 18.3. The number of rotatable bonds is 6. The van der Waals surface area contributed by atoms with Gasteiger partial charge in [-0.2, -0.15) is 0 Å². The third kappa shape index (κ3) is 3.87. The van der Waals surface area contributed by atoms with Gasteiger partial charge >= 0.3 is 5.97 Å². The number of fused-ring (bicyclic) bond motifs is 1. The molecule has 140 valence electrons. The molecular weight excluding hydrogens is 348 g/mol. The summed E-state index contributed by atoms with van der Waals surface area (Å²) >= 11 is 0. The molecule has 2 aromatic carbocycles. The number of carbonyl (C=O) groups is 2. The lowest BCUT2D eigenvalue weighted by molar-refractivity contribution is -0.142. The summed E-state index contributed by atoms with van der Waals surface area (Å²) in [6, 6.07) is 12.4. The van der Waals surface area contributed by atoms with Gasteiger partial charge in [-0.3, -0.25) is 4.79 Å². The van der Waals surface area contributed by atoms with Gasteiger partial charge in [0.15, 0.2) is 18.1 Å². The predicted molar refractivity (Wildman–Crippen MR) is 101 cm³/mol. The molecule has 7 heteroatoms. The van der Waals surface area contributed by atoms with E-state index in [1.165, 1.54) is 14.2 Å². The van der Waals surface area contributed by atoms with Crippen molar-refractivity contribution in [2.75, 3.05) is 26.1 Å². The number of nitrogens with one attached hydrogen (secondary N) is 1. The topological polar surface area (TPSA) is 78.8 Å². The maximum atomic E-state index is 12.7. The number of aryl methyl sites for hydroxylation is 1. The second-order valence-electron chi connectivity index (χ2n) is 5.85. The molecule has 3 aromatic rings. The van der Waals surface area contributed by atoms with Crippen LogP contribution in [0, 0.1) is 0 Å². The summed E-state index contributed by atoms with van der Waals surface area (Å²) in [5.41, 5.74) is 2.16. The van der Waals surface area contributed by atoms with Crippen LogP contribution >= 0.6 is 0 Å². The third-order valence-electron chi connectivity index (χ3n) is 4.18. The summed E-state index contributed by atoms with van der Waals surface area (Å²) in [6.45, 7) is -0.242. The molecule has 1 N–H and O–H groups in total. The fourth-order valence-electron chi connectivity index (χ4n) is 2.73. The minimum absolute atomic E-state index is 0.242. The van der Waals surface area contributed by atoms with Crippen molar-refractivity contribution >= 4 is 28.5 Å². The molecule has 0 saturated carbocycles. The molecule has 0 atom stereocenters. The SMILES string of the molecule is COC(=O)COc1ccc(C(=O)Nc2cccc3c2ccn3C)cc1OC. The number of esters is 1. The zero-order valence-corrected chi connectivity index (χ0v) is 15.3. The van der Waals surface area contributed by atoms with E-state index in [9.17, 15) is 9.59 Å². The van der Waals surface area contributed by atoms with E-state index in [4.69, 9.17) is 9.47 Å². The lowest BCUT2D eigenvalue weighted by Crippen LogP contribution is -2.14. The van der Waals surface area contributed by atoms with E-state index in [1.807, 2.05) is 42.1 Å². The Morgan fingerprint density at radius 3 is 2.63 bits per heavy atom. The van der Waals surface area contributed by atoms with Gasteiger partial charge in [0.05, 0.1) is 19.9 Å². The highest BCUT2D eigenvalue weighted by atomic mass is 16.6. The van der Waals surface area contributed by atoms with Gasteiger partial charge in [0.2, 0.25) is 0 Å². The van der Waals surface area contributed by atoms with Gasteiger partial charge in [-0.15, -0.1) is 0 Å². The molecule has 0 fully saturated rings. The van der Waals surface area contributed by atoms with Crippen LogP contribution in [0.1, 0.15) is 10.4 Å². The Morgan fingerprint density at radius 2 is 1.89 bits per heavy atom. The quantitative estimate of drug-likeness (QED) is 0.677. The van der Waals surface area contributed by atoms with Crippen molar-refractivity contribution in [1.82, 2.24) is 4.57 Å². The van der Waals surface area contributed by atoms with Gasteiger partial charge in [-0.25, -0.2) is 4.79 Å². The fraction of sp³-hybridized carbons (Fsp3) is 0.200. The van der Waals surface area contributed by atoms with E-state index in [1.54, 1.807) is 18.2 Å². The van der Waals surface area contributed by atoms with Gasteiger partial charge in [-0.05, 0) is 36.4 Å². The van der Waals surface area contributed by atoms with Crippen LogP contribution in [-0.4, -0.2) is 37.3 Å². The normalized spacial score (nSPS) is 10.5. The van der Waals surface area contributed by atoms with Gasteiger partial charge < -0.3 is 24.1 Å². The Labute approximate surface area is 156 Å². The monoisotopic (exact) mass is 368 g/mol. The van der Waals surface area contributed by atoms with Crippen molar-refractivity contribution in [3.05, 3.63) is 54.2 Å². The van der Waals surface area contributed by atoms with Crippen molar-refractivity contribution in [3.63, 3.8) is 0 Å². The molecule has 0 spiro atoms. The predicted octanol–water partition coefficient (Wildman–Crippen LogP) is 2.99. The van der Waals surface area contributed by atoms with Crippen LogP contribution in [0.25, 0.3) is 10.9 Å². The Morgan fingerprint density at radius 1 is 1.07 bits per heavy atom. The number of methoxy groups -OCH3 is 2. The van der Waals surface area contributed by atoms with E-state index < -0.39 is 5.97 Å². The minimum Gasteiger partial charge on any atom is -0.493 e. The Bertz CT molecular complexity index is 993. The summed E-state index contributed by atoms with van der Waals surface area (Å²) in [6.07, 6.45) is 1.94. The zero-order valence-electron chi connectivity index (χ0n) is 15.3.